The quantitative estimate of drug-likeness (QED) is 0.202. The normalized spacial score (nSPS) is 23.6. The fraction of sp³-hybridized carbons (Fsp3) is 0.270. The van der Waals surface area contributed by atoms with Gasteiger partial charge in [0.25, 0.3) is 11.9 Å². The molecule has 2 N–H and O–H groups in total. The van der Waals surface area contributed by atoms with Gasteiger partial charge < -0.3 is 28.9 Å². The molecule has 2 aliphatic heterocycles. The maximum Gasteiger partial charge on any atom is 0.269 e. The van der Waals surface area contributed by atoms with Gasteiger partial charge in [0.05, 0.1) is 16.7 Å². The van der Waals surface area contributed by atoms with Crippen LogP contribution in [0.25, 0.3) is 22.0 Å². The summed E-state index contributed by atoms with van der Waals surface area (Å²) < 4.78 is 28.0. The summed E-state index contributed by atoms with van der Waals surface area (Å²) in [5.41, 5.74) is 1.15. The average molecular weight is 584 g/mol. The van der Waals surface area contributed by atoms with Crippen molar-refractivity contribution in [2.24, 2.45) is 5.92 Å². The highest BCUT2D eigenvalue weighted by Crippen LogP contribution is 2.59. The lowest BCUT2D eigenvalue weighted by Crippen LogP contribution is -2.74. The molecule has 0 radical (unpaired) electrons. The zero-order chi connectivity index (χ0) is 29.1. The van der Waals surface area contributed by atoms with Gasteiger partial charge in [-0.15, -0.1) is 0 Å². The zero-order valence-corrected chi connectivity index (χ0v) is 24.3. The van der Waals surface area contributed by atoms with E-state index in [1.165, 1.54) is 12.8 Å². The monoisotopic (exact) mass is 583 g/mol. The lowest BCUT2D eigenvalue weighted by molar-refractivity contribution is -0.135. The van der Waals surface area contributed by atoms with Crippen LogP contribution in [-0.4, -0.2) is 21.8 Å². The van der Waals surface area contributed by atoms with Crippen molar-refractivity contribution < 1.29 is 18.6 Å². The van der Waals surface area contributed by atoms with Crippen LogP contribution in [0.15, 0.2) is 108 Å². The number of benzene rings is 4. The van der Waals surface area contributed by atoms with E-state index in [-0.39, 0.29) is 5.92 Å². The third-order valence-electron chi connectivity index (χ3n) is 9.76. The molecule has 1 saturated carbocycles. The van der Waals surface area contributed by atoms with Crippen LogP contribution >= 0.6 is 0 Å². The molecule has 220 valence electrons. The number of ether oxygens (including phenoxy) is 3. The van der Waals surface area contributed by atoms with E-state index in [9.17, 15) is 0 Å². The van der Waals surface area contributed by atoms with Gasteiger partial charge in [-0.2, -0.15) is 0 Å². The SMILES string of the molecule is c1ccc2c(c1)NC(C1CCCCCC1)(C1Oc3ccccc3O1)C(c1nc3ccccc3[nH]1)(c1cc3ccccc3o1)O2. The van der Waals surface area contributed by atoms with Crippen molar-refractivity contribution in [3.05, 3.63) is 115 Å². The van der Waals surface area contributed by atoms with Crippen LogP contribution < -0.4 is 19.5 Å². The molecule has 0 amide bonds. The van der Waals surface area contributed by atoms with Crippen molar-refractivity contribution in [1.29, 1.82) is 0 Å². The number of fused-ring (bicyclic) bond motifs is 4. The summed E-state index contributed by atoms with van der Waals surface area (Å²) in [6, 6.07) is 34.3. The van der Waals surface area contributed by atoms with Gasteiger partial charge in [-0.1, -0.05) is 80.3 Å². The number of hydrogen-bond acceptors (Lipinski definition) is 6. The zero-order valence-electron chi connectivity index (χ0n) is 24.3. The summed E-state index contributed by atoms with van der Waals surface area (Å²) in [6.07, 6.45) is 5.79. The molecular weight excluding hydrogens is 550 g/mol. The summed E-state index contributed by atoms with van der Waals surface area (Å²) >= 11 is 0. The van der Waals surface area contributed by atoms with Crippen molar-refractivity contribution in [2.75, 3.05) is 5.32 Å². The molecule has 4 aromatic carbocycles. The fourth-order valence-corrected chi connectivity index (χ4v) is 7.74. The third-order valence-corrected chi connectivity index (χ3v) is 9.76. The van der Waals surface area contributed by atoms with Gasteiger partial charge in [-0.05, 0) is 67.3 Å². The van der Waals surface area contributed by atoms with Crippen molar-refractivity contribution in [3.63, 3.8) is 0 Å². The number of imidazole rings is 1. The minimum atomic E-state index is -1.30. The Bertz CT molecular complexity index is 1820. The van der Waals surface area contributed by atoms with Crippen LogP contribution in [0.4, 0.5) is 5.69 Å². The number of aromatic nitrogens is 2. The number of nitrogens with one attached hydrogen (secondary N) is 2. The van der Waals surface area contributed by atoms with Gasteiger partial charge in [-0.3, -0.25) is 0 Å². The van der Waals surface area contributed by atoms with E-state index in [1.54, 1.807) is 0 Å². The Morgan fingerprint density at radius 3 is 2.16 bits per heavy atom. The summed E-state index contributed by atoms with van der Waals surface area (Å²) in [7, 11) is 0. The number of rotatable bonds is 4. The molecule has 9 rings (SSSR count). The Morgan fingerprint density at radius 2 is 1.39 bits per heavy atom. The highest BCUT2D eigenvalue weighted by atomic mass is 16.7. The summed E-state index contributed by atoms with van der Waals surface area (Å²) in [6.45, 7) is 0. The van der Waals surface area contributed by atoms with Crippen LogP contribution in [0.5, 0.6) is 17.2 Å². The molecule has 2 atom stereocenters. The minimum absolute atomic E-state index is 0.0825. The smallest absolute Gasteiger partial charge is 0.269 e. The first-order valence-electron chi connectivity index (χ1n) is 15.7. The van der Waals surface area contributed by atoms with Gasteiger partial charge in [0.15, 0.2) is 28.6 Å². The number of para-hydroxylation sites is 7. The molecule has 0 saturated heterocycles. The van der Waals surface area contributed by atoms with Crippen molar-refractivity contribution in [3.8, 4) is 17.2 Å². The van der Waals surface area contributed by atoms with Crippen molar-refractivity contribution in [2.45, 2.75) is 56.0 Å². The first kappa shape index (κ1) is 25.6. The van der Waals surface area contributed by atoms with E-state index in [4.69, 9.17) is 23.6 Å². The number of anilines is 1. The van der Waals surface area contributed by atoms with Gasteiger partial charge in [-0.25, -0.2) is 4.98 Å². The molecule has 1 fully saturated rings. The molecule has 44 heavy (non-hydrogen) atoms. The Morgan fingerprint density at radius 1 is 0.705 bits per heavy atom. The second kappa shape index (κ2) is 9.81. The molecule has 2 unspecified atom stereocenters. The van der Waals surface area contributed by atoms with Crippen molar-refractivity contribution in [1.82, 2.24) is 9.97 Å². The lowest BCUT2D eigenvalue weighted by atomic mass is 9.64. The Balaban J connectivity index is 1.40. The topological polar surface area (TPSA) is 81.5 Å². The Hall–Kier alpha value is -4.91. The predicted molar refractivity (Wildman–Crippen MR) is 169 cm³/mol. The van der Waals surface area contributed by atoms with Crippen LogP contribution in [0.2, 0.25) is 0 Å². The van der Waals surface area contributed by atoms with Gasteiger partial charge in [0.2, 0.25) is 0 Å². The van der Waals surface area contributed by atoms with E-state index in [1.807, 2.05) is 84.9 Å². The number of hydrogen-bond donors (Lipinski definition) is 2. The standard InChI is InChI=1S/C37H33N3O4/c1-2-4-15-25(14-3-1)36(35-42-31-21-11-12-22-32(31)43-35)37(44-30-20-10-8-18-28(30)40-36,33-23-24-13-5-9-19-29(24)41-33)34-38-26-16-6-7-17-27(26)39-34/h5-13,16-23,25,35,40H,1-4,14-15H2,(H,38,39). The second-order valence-corrected chi connectivity index (χ2v) is 12.2. The molecule has 7 heteroatoms. The molecule has 3 aliphatic rings. The minimum Gasteiger partial charge on any atom is -0.466 e. The maximum absolute atomic E-state index is 7.46. The number of furan rings is 1. The van der Waals surface area contributed by atoms with Crippen molar-refractivity contribution >= 4 is 27.7 Å². The molecule has 0 spiro atoms. The molecule has 2 aromatic heterocycles. The second-order valence-electron chi connectivity index (χ2n) is 12.2. The highest BCUT2D eigenvalue weighted by molar-refractivity contribution is 5.80. The molecule has 4 heterocycles. The Labute approximate surface area is 255 Å². The molecule has 0 bridgehead atoms. The van der Waals surface area contributed by atoms with Crippen LogP contribution in [0.3, 0.4) is 0 Å². The van der Waals surface area contributed by atoms with E-state index >= 15 is 0 Å². The van der Waals surface area contributed by atoms with E-state index in [0.717, 1.165) is 53.4 Å². The number of aromatic amines is 1. The number of H-pyrrole nitrogens is 1. The van der Waals surface area contributed by atoms with Crippen LogP contribution in [0.1, 0.15) is 50.1 Å². The summed E-state index contributed by atoms with van der Waals surface area (Å²) in [4.78, 5) is 8.96. The molecule has 7 nitrogen and oxygen atoms in total. The van der Waals surface area contributed by atoms with E-state index in [0.29, 0.717) is 28.8 Å². The van der Waals surface area contributed by atoms with Crippen LogP contribution in [0, 0.1) is 5.92 Å². The lowest BCUT2D eigenvalue weighted by Gasteiger charge is -2.56. The first-order chi connectivity index (χ1) is 21.7. The van der Waals surface area contributed by atoms with Crippen LogP contribution in [-0.2, 0) is 5.60 Å². The maximum atomic E-state index is 7.46. The first-order valence-corrected chi connectivity index (χ1v) is 15.7. The predicted octanol–water partition coefficient (Wildman–Crippen LogP) is 8.56. The van der Waals surface area contributed by atoms with E-state index in [2.05, 4.69) is 28.5 Å². The fourth-order valence-electron chi connectivity index (χ4n) is 7.74. The average Bonchev–Trinajstić information content (AvgIpc) is 3.76. The van der Waals surface area contributed by atoms with E-state index < -0.39 is 17.4 Å². The Kier molecular flexibility index (Phi) is 5.70. The van der Waals surface area contributed by atoms with Gasteiger partial charge in [0.1, 0.15) is 11.3 Å². The highest BCUT2D eigenvalue weighted by Gasteiger charge is 2.72. The molecule has 1 aliphatic carbocycles. The molecule has 6 aromatic rings. The number of nitrogens with zero attached hydrogens (tertiary/aromatic N) is 1. The summed E-state index contributed by atoms with van der Waals surface area (Å²) in [5.74, 6) is 3.52. The molecular formula is C37H33N3O4. The van der Waals surface area contributed by atoms with Gasteiger partial charge in [0, 0.05) is 5.39 Å². The van der Waals surface area contributed by atoms with Gasteiger partial charge >= 0.3 is 0 Å². The summed E-state index contributed by atoms with van der Waals surface area (Å²) in [5, 5.41) is 5.06. The largest absolute Gasteiger partial charge is 0.466 e. The third kappa shape index (κ3) is 3.65.